The van der Waals surface area contributed by atoms with Crippen LogP contribution in [0, 0.1) is 12.7 Å². The summed E-state index contributed by atoms with van der Waals surface area (Å²) in [7, 11) is 1.66. The molecule has 0 unspecified atom stereocenters. The molecule has 0 aliphatic rings. The molecule has 27 heavy (non-hydrogen) atoms. The molecule has 140 valence electrons. The fraction of sp³-hybridized carbons (Fsp3) is 0.222. The van der Waals surface area contributed by atoms with E-state index in [4.69, 9.17) is 0 Å². The summed E-state index contributed by atoms with van der Waals surface area (Å²) in [4.78, 5) is 24.1. The first-order chi connectivity index (χ1) is 12.9. The van der Waals surface area contributed by atoms with Crippen LogP contribution in [0.4, 0.5) is 10.1 Å². The minimum atomic E-state index is -0.396. The number of carbonyl (C=O) groups excluding carboxylic acids is 2. The number of hydrogen-bond acceptors (Lipinski definition) is 4. The minimum Gasteiger partial charge on any atom is -0.342 e. The second-order valence-corrected chi connectivity index (χ2v) is 6.04. The summed E-state index contributed by atoms with van der Waals surface area (Å²) >= 11 is 0. The van der Waals surface area contributed by atoms with Gasteiger partial charge in [0.15, 0.2) is 0 Å². The van der Waals surface area contributed by atoms with Crippen molar-refractivity contribution >= 4 is 17.5 Å². The number of carbonyl (C=O) groups is 2. The number of amides is 2. The van der Waals surface area contributed by atoms with Crippen LogP contribution >= 0.6 is 0 Å². The lowest BCUT2D eigenvalue weighted by atomic mass is 10.2. The molecule has 2 aromatic heterocycles. The van der Waals surface area contributed by atoms with Crippen LogP contribution < -0.4 is 10.6 Å². The fourth-order valence-electron chi connectivity index (χ4n) is 2.60. The molecular formula is C18H19FN6O2. The normalized spacial score (nSPS) is 10.6. The largest absolute Gasteiger partial charge is 0.342 e. The van der Waals surface area contributed by atoms with E-state index in [0.29, 0.717) is 16.9 Å². The molecule has 0 saturated carbocycles. The number of aryl methyl sites for hydroxylation is 2. The number of anilines is 1. The van der Waals surface area contributed by atoms with Crippen LogP contribution in [-0.4, -0.2) is 37.9 Å². The van der Waals surface area contributed by atoms with Crippen LogP contribution in [0.5, 0.6) is 0 Å². The Morgan fingerprint density at radius 2 is 2.04 bits per heavy atom. The van der Waals surface area contributed by atoms with E-state index in [1.165, 1.54) is 21.6 Å². The third kappa shape index (κ3) is 4.57. The molecule has 1 aromatic carbocycles. The summed E-state index contributed by atoms with van der Waals surface area (Å²) in [5, 5.41) is 13.4. The van der Waals surface area contributed by atoms with Crippen molar-refractivity contribution in [3.63, 3.8) is 0 Å². The molecule has 8 nitrogen and oxygen atoms in total. The highest BCUT2D eigenvalue weighted by Gasteiger charge is 2.13. The van der Waals surface area contributed by atoms with Crippen molar-refractivity contribution in [2.75, 3.05) is 11.9 Å². The van der Waals surface area contributed by atoms with E-state index in [1.807, 2.05) is 0 Å². The van der Waals surface area contributed by atoms with Crippen molar-refractivity contribution in [1.29, 1.82) is 0 Å². The molecule has 0 aliphatic carbocycles. The van der Waals surface area contributed by atoms with E-state index in [2.05, 4.69) is 20.8 Å². The van der Waals surface area contributed by atoms with E-state index >= 15 is 0 Å². The smallest absolute Gasteiger partial charge is 0.269 e. The Balaban J connectivity index is 1.53. The van der Waals surface area contributed by atoms with Gasteiger partial charge >= 0.3 is 0 Å². The van der Waals surface area contributed by atoms with Gasteiger partial charge in [-0.15, -0.1) is 0 Å². The van der Waals surface area contributed by atoms with Crippen LogP contribution in [0.3, 0.4) is 0 Å². The summed E-state index contributed by atoms with van der Waals surface area (Å²) in [6.45, 7) is 1.84. The van der Waals surface area contributed by atoms with Gasteiger partial charge in [0.05, 0.1) is 30.7 Å². The highest BCUT2D eigenvalue weighted by atomic mass is 19.1. The van der Waals surface area contributed by atoms with Crippen molar-refractivity contribution in [2.45, 2.75) is 13.5 Å². The van der Waals surface area contributed by atoms with Crippen LogP contribution in [0.1, 0.15) is 21.7 Å². The Labute approximate surface area is 155 Å². The lowest BCUT2D eigenvalue weighted by Gasteiger charge is -2.06. The maximum absolute atomic E-state index is 13.7. The molecular weight excluding hydrogens is 351 g/mol. The van der Waals surface area contributed by atoms with Crippen molar-refractivity contribution in [2.24, 2.45) is 7.05 Å². The molecule has 0 atom stereocenters. The molecule has 3 rings (SSSR count). The van der Waals surface area contributed by atoms with Gasteiger partial charge < -0.3 is 10.6 Å². The second-order valence-electron chi connectivity index (χ2n) is 6.04. The molecule has 0 bridgehead atoms. The van der Waals surface area contributed by atoms with Gasteiger partial charge in [-0.05, 0) is 19.1 Å². The maximum atomic E-state index is 13.7. The quantitative estimate of drug-likeness (QED) is 0.687. The van der Waals surface area contributed by atoms with Crippen LogP contribution in [0.15, 0.2) is 42.7 Å². The van der Waals surface area contributed by atoms with Crippen molar-refractivity contribution < 1.29 is 14.0 Å². The van der Waals surface area contributed by atoms with E-state index in [0.717, 1.165) is 5.69 Å². The zero-order valence-electron chi connectivity index (χ0n) is 14.9. The third-order valence-corrected chi connectivity index (χ3v) is 3.85. The molecule has 0 spiro atoms. The molecule has 3 aromatic rings. The average Bonchev–Trinajstić information content (AvgIpc) is 3.20. The Hall–Kier alpha value is -3.49. The number of hydrogen-bond donors (Lipinski definition) is 2. The van der Waals surface area contributed by atoms with Crippen LogP contribution in [0.2, 0.25) is 0 Å². The first-order valence-electron chi connectivity index (χ1n) is 8.27. The number of rotatable bonds is 6. The molecule has 2 heterocycles. The highest BCUT2D eigenvalue weighted by molar-refractivity contribution is 5.98. The summed E-state index contributed by atoms with van der Waals surface area (Å²) in [6.07, 6.45) is 3.06. The summed E-state index contributed by atoms with van der Waals surface area (Å²) in [6, 6.07) is 8.06. The fourth-order valence-corrected chi connectivity index (χ4v) is 2.60. The van der Waals surface area contributed by atoms with Gasteiger partial charge in [0.2, 0.25) is 5.91 Å². The Bertz CT molecular complexity index is 978. The zero-order chi connectivity index (χ0) is 19.4. The Morgan fingerprint density at radius 3 is 2.74 bits per heavy atom. The maximum Gasteiger partial charge on any atom is 0.269 e. The molecule has 9 heteroatoms. The number of halogens is 1. The number of nitrogens with one attached hydrogen (secondary N) is 2. The first kappa shape index (κ1) is 18.3. The number of aromatic nitrogens is 4. The molecule has 0 fully saturated rings. The standard InChI is InChI=1S/C18H19FN6O2/c1-12-7-16(24(2)23-12)18(27)20-9-17(26)22-14-8-21-25(11-14)10-13-5-3-4-6-15(13)19/h3-8,11H,9-10H2,1-2H3,(H,20,27)(H,22,26). The average molecular weight is 370 g/mol. The second kappa shape index (κ2) is 7.81. The van der Waals surface area contributed by atoms with Gasteiger partial charge in [-0.3, -0.25) is 19.0 Å². The van der Waals surface area contributed by atoms with E-state index in [9.17, 15) is 14.0 Å². The summed E-state index contributed by atoms with van der Waals surface area (Å²) < 4.78 is 16.7. The van der Waals surface area contributed by atoms with Gasteiger partial charge in [0, 0.05) is 18.8 Å². The highest BCUT2D eigenvalue weighted by Crippen LogP contribution is 2.11. The van der Waals surface area contributed by atoms with E-state index < -0.39 is 5.91 Å². The predicted octanol–water partition coefficient (Wildman–Crippen LogP) is 1.48. The predicted molar refractivity (Wildman–Crippen MR) is 96.6 cm³/mol. The van der Waals surface area contributed by atoms with Gasteiger partial charge in [-0.1, -0.05) is 18.2 Å². The molecule has 0 saturated heterocycles. The number of nitrogens with zero attached hydrogens (tertiary/aromatic N) is 4. The van der Waals surface area contributed by atoms with Gasteiger partial charge in [0.1, 0.15) is 11.5 Å². The van der Waals surface area contributed by atoms with Gasteiger partial charge in [-0.25, -0.2) is 4.39 Å². The van der Waals surface area contributed by atoms with Crippen LogP contribution in [-0.2, 0) is 18.4 Å². The van der Waals surface area contributed by atoms with E-state index in [-0.39, 0.29) is 24.8 Å². The molecule has 0 aliphatic heterocycles. The monoisotopic (exact) mass is 370 g/mol. The lowest BCUT2D eigenvalue weighted by Crippen LogP contribution is -2.33. The summed E-state index contributed by atoms with van der Waals surface area (Å²) in [5.41, 5.74) is 2.05. The Morgan fingerprint density at radius 1 is 1.26 bits per heavy atom. The summed E-state index contributed by atoms with van der Waals surface area (Å²) in [5.74, 6) is -1.09. The van der Waals surface area contributed by atoms with Gasteiger partial charge in [-0.2, -0.15) is 10.2 Å². The van der Waals surface area contributed by atoms with Crippen molar-refractivity contribution in [3.05, 3.63) is 65.5 Å². The van der Waals surface area contributed by atoms with Crippen LogP contribution in [0.25, 0.3) is 0 Å². The van der Waals surface area contributed by atoms with E-state index in [1.54, 1.807) is 44.4 Å². The first-order valence-corrected chi connectivity index (χ1v) is 8.27. The number of benzene rings is 1. The van der Waals surface area contributed by atoms with Crippen molar-refractivity contribution in [1.82, 2.24) is 24.9 Å². The molecule has 2 amide bonds. The zero-order valence-corrected chi connectivity index (χ0v) is 14.9. The topological polar surface area (TPSA) is 93.8 Å². The van der Waals surface area contributed by atoms with Crippen molar-refractivity contribution in [3.8, 4) is 0 Å². The third-order valence-electron chi connectivity index (χ3n) is 3.85. The molecule has 2 N–H and O–H groups in total. The lowest BCUT2D eigenvalue weighted by molar-refractivity contribution is -0.115. The van der Waals surface area contributed by atoms with Gasteiger partial charge in [0.25, 0.3) is 5.91 Å². The molecule has 0 radical (unpaired) electrons. The Kier molecular flexibility index (Phi) is 5.30. The SMILES string of the molecule is Cc1cc(C(=O)NCC(=O)Nc2cnn(Cc3ccccc3F)c2)n(C)n1. The minimum absolute atomic E-state index is 0.193.